The van der Waals surface area contributed by atoms with Crippen molar-refractivity contribution < 1.29 is 4.79 Å². The van der Waals surface area contributed by atoms with Crippen LogP contribution in [0.4, 0.5) is 0 Å². The van der Waals surface area contributed by atoms with E-state index < -0.39 is 6.04 Å². The second-order valence-electron chi connectivity index (χ2n) is 4.43. The van der Waals surface area contributed by atoms with Crippen molar-refractivity contribution >= 4 is 5.91 Å². The van der Waals surface area contributed by atoms with Gasteiger partial charge in [-0.2, -0.15) is 10.4 Å². The number of nitriles is 1. The van der Waals surface area contributed by atoms with E-state index in [2.05, 4.69) is 16.5 Å². The molecule has 1 atom stereocenters. The van der Waals surface area contributed by atoms with Crippen LogP contribution in [0.25, 0.3) is 0 Å². The summed E-state index contributed by atoms with van der Waals surface area (Å²) >= 11 is 0. The van der Waals surface area contributed by atoms with Crippen LogP contribution < -0.4 is 5.32 Å². The highest BCUT2D eigenvalue weighted by Crippen LogP contribution is 2.13. The number of hydrogen-bond acceptors (Lipinski definition) is 3. The first-order chi connectivity index (χ1) is 9.65. The SMILES string of the molecule is CCn1nc(C)cc1C(=O)NC(C#N)c1ccccc1. The van der Waals surface area contributed by atoms with Crippen LogP contribution in [0.2, 0.25) is 0 Å². The van der Waals surface area contributed by atoms with Crippen molar-refractivity contribution in [2.75, 3.05) is 0 Å². The van der Waals surface area contributed by atoms with E-state index in [1.165, 1.54) is 0 Å². The van der Waals surface area contributed by atoms with Gasteiger partial charge in [0.25, 0.3) is 5.91 Å². The van der Waals surface area contributed by atoms with E-state index >= 15 is 0 Å². The number of nitrogens with zero attached hydrogens (tertiary/aromatic N) is 3. The number of nitrogens with one attached hydrogen (secondary N) is 1. The van der Waals surface area contributed by atoms with Crippen molar-refractivity contribution in [1.29, 1.82) is 5.26 Å². The van der Waals surface area contributed by atoms with Gasteiger partial charge in [-0.1, -0.05) is 30.3 Å². The molecule has 1 aromatic carbocycles. The standard InChI is InChI=1S/C15H16N4O/c1-3-19-14(9-11(2)18-19)15(20)17-13(10-16)12-7-5-4-6-8-12/h4-9,13H,3H2,1-2H3,(H,17,20). The maximum Gasteiger partial charge on any atom is 0.270 e. The van der Waals surface area contributed by atoms with Gasteiger partial charge in [0.15, 0.2) is 0 Å². The van der Waals surface area contributed by atoms with Crippen LogP contribution in [0.1, 0.15) is 34.7 Å². The molecule has 1 unspecified atom stereocenters. The molecule has 5 heteroatoms. The van der Waals surface area contributed by atoms with Crippen LogP contribution in [-0.2, 0) is 6.54 Å². The molecule has 0 aliphatic carbocycles. The summed E-state index contributed by atoms with van der Waals surface area (Å²) < 4.78 is 1.63. The van der Waals surface area contributed by atoms with Crippen molar-refractivity contribution in [2.24, 2.45) is 0 Å². The zero-order valence-corrected chi connectivity index (χ0v) is 11.5. The third kappa shape index (κ3) is 2.86. The number of rotatable bonds is 4. The van der Waals surface area contributed by atoms with Crippen LogP contribution in [0, 0.1) is 18.3 Å². The minimum absolute atomic E-state index is 0.289. The summed E-state index contributed by atoms with van der Waals surface area (Å²) in [5, 5.41) is 16.2. The van der Waals surface area contributed by atoms with Gasteiger partial charge in [-0.15, -0.1) is 0 Å². The summed E-state index contributed by atoms with van der Waals surface area (Å²) in [6, 6.07) is 12.3. The lowest BCUT2D eigenvalue weighted by Gasteiger charge is -2.12. The molecule has 0 aliphatic rings. The number of benzene rings is 1. The Kier molecular flexibility index (Phi) is 4.16. The van der Waals surface area contributed by atoms with Crippen molar-refractivity contribution in [3.8, 4) is 6.07 Å². The quantitative estimate of drug-likeness (QED) is 0.924. The van der Waals surface area contributed by atoms with Crippen LogP contribution in [-0.4, -0.2) is 15.7 Å². The highest BCUT2D eigenvalue weighted by atomic mass is 16.2. The van der Waals surface area contributed by atoms with E-state index in [1.807, 2.05) is 44.2 Å². The van der Waals surface area contributed by atoms with Crippen LogP contribution >= 0.6 is 0 Å². The van der Waals surface area contributed by atoms with Gasteiger partial charge in [0.1, 0.15) is 11.7 Å². The van der Waals surface area contributed by atoms with E-state index in [4.69, 9.17) is 0 Å². The molecule has 1 amide bonds. The number of aromatic nitrogens is 2. The van der Waals surface area contributed by atoms with Crippen molar-refractivity contribution in [3.05, 3.63) is 53.3 Å². The second-order valence-corrected chi connectivity index (χ2v) is 4.43. The molecule has 0 saturated carbocycles. The molecule has 1 aromatic heterocycles. The largest absolute Gasteiger partial charge is 0.331 e. The molecule has 0 aliphatic heterocycles. The van der Waals surface area contributed by atoms with Gasteiger partial charge in [0.2, 0.25) is 0 Å². The molecule has 0 bridgehead atoms. The van der Waals surface area contributed by atoms with Crippen molar-refractivity contribution in [1.82, 2.24) is 15.1 Å². The lowest BCUT2D eigenvalue weighted by molar-refractivity contribution is 0.0934. The third-order valence-corrected chi connectivity index (χ3v) is 2.97. The zero-order chi connectivity index (χ0) is 14.5. The fourth-order valence-corrected chi connectivity index (χ4v) is 2.01. The fraction of sp³-hybridized carbons (Fsp3) is 0.267. The Balaban J connectivity index is 2.20. The number of hydrogen-bond donors (Lipinski definition) is 1. The number of aryl methyl sites for hydroxylation is 2. The molecule has 0 saturated heterocycles. The second kappa shape index (κ2) is 6.02. The third-order valence-electron chi connectivity index (χ3n) is 2.97. The predicted molar refractivity (Wildman–Crippen MR) is 74.9 cm³/mol. The fourth-order valence-electron chi connectivity index (χ4n) is 2.01. The Labute approximate surface area is 117 Å². The molecule has 1 heterocycles. The Bertz CT molecular complexity index is 640. The Morgan fingerprint density at radius 1 is 1.45 bits per heavy atom. The maximum atomic E-state index is 12.3. The highest BCUT2D eigenvalue weighted by molar-refractivity contribution is 5.93. The molecule has 1 N–H and O–H groups in total. The molecule has 20 heavy (non-hydrogen) atoms. The first kappa shape index (κ1) is 13.8. The van der Waals surface area contributed by atoms with Crippen LogP contribution in [0.5, 0.6) is 0 Å². The lowest BCUT2D eigenvalue weighted by atomic mass is 10.1. The van der Waals surface area contributed by atoms with Crippen molar-refractivity contribution in [2.45, 2.75) is 26.4 Å². The summed E-state index contributed by atoms with van der Waals surface area (Å²) in [5.41, 5.74) is 2.02. The van der Waals surface area contributed by atoms with Crippen LogP contribution in [0.3, 0.4) is 0 Å². The van der Waals surface area contributed by atoms with E-state index in [9.17, 15) is 10.1 Å². The molecular formula is C15H16N4O. The first-order valence-electron chi connectivity index (χ1n) is 6.45. The van der Waals surface area contributed by atoms with E-state index in [0.29, 0.717) is 12.2 Å². The van der Waals surface area contributed by atoms with Crippen molar-refractivity contribution in [3.63, 3.8) is 0 Å². The molecule has 0 fully saturated rings. The molecule has 0 radical (unpaired) electrons. The predicted octanol–water partition coefficient (Wildman–Crippen LogP) is 2.21. The van der Waals surface area contributed by atoms with Gasteiger partial charge < -0.3 is 5.32 Å². The highest BCUT2D eigenvalue weighted by Gasteiger charge is 2.18. The topological polar surface area (TPSA) is 70.7 Å². The summed E-state index contributed by atoms with van der Waals surface area (Å²) in [5.74, 6) is -0.289. The molecule has 2 rings (SSSR count). The van der Waals surface area contributed by atoms with Gasteiger partial charge >= 0.3 is 0 Å². The summed E-state index contributed by atoms with van der Waals surface area (Å²) in [4.78, 5) is 12.3. The minimum atomic E-state index is -0.663. The van der Waals surface area contributed by atoms with Gasteiger partial charge in [-0.25, -0.2) is 0 Å². The number of carbonyl (C=O) groups is 1. The Morgan fingerprint density at radius 2 is 2.15 bits per heavy atom. The molecular weight excluding hydrogens is 252 g/mol. The number of amides is 1. The zero-order valence-electron chi connectivity index (χ0n) is 11.5. The summed E-state index contributed by atoms with van der Waals surface area (Å²) in [6.07, 6.45) is 0. The summed E-state index contributed by atoms with van der Waals surface area (Å²) in [6.45, 7) is 4.36. The van der Waals surface area contributed by atoms with E-state index in [0.717, 1.165) is 11.3 Å². The lowest BCUT2D eigenvalue weighted by Crippen LogP contribution is -2.29. The minimum Gasteiger partial charge on any atom is -0.331 e. The van der Waals surface area contributed by atoms with Gasteiger partial charge in [0, 0.05) is 6.54 Å². The van der Waals surface area contributed by atoms with Gasteiger partial charge in [0.05, 0.1) is 11.8 Å². The first-order valence-corrected chi connectivity index (χ1v) is 6.45. The number of carbonyl (C=O) groups excluding carboxylic acids is 1. The van der Waals surface area contributed by atoms with Gasteiger partial charge in [-0.05, 0) is 25.5 Å². The maximum absolute atomic E-state index is 12.3. The average Bonchev–Trinajstić information content (AvgIpc) is 2.86. The molecule has 102 valence electrons. The van der Waals surface area contributed by atoms with E-state index in [-0.39, 0.29) is 5.91 Å². The Morgan fingerprint density at radius 3 is 2.75 bits per heavy atom. The molecule has 2 aromatic rings. The molecule has 5 nitrogen and oxygen atoms in total. The van der Waals surface area contributed by atoms with Gasteiger partial charge in [-0.3, -0.25) is 9.48 Å². The normalized spacial score (nSPS) is 11.7. The monoisotopic (exact) mass is 268 g/mol. The van der Waals surface area contributed by atoms with Crippen LogP contribution in [0.15, 0.2) is 36.4 Å². The summed E-state index contributed by atoms with van der Waals surface area (Å²) in [7, 11) is 0. The average molecular weight is 268 g/mol. The smallest absolute Gasteiger partial charge is 0.270 e. The van der Waals surface area contributed by atoms with E-state index in [1.54, 1.807) is 10.7 Å². The Hall–Kier alpha value is -2.61. The molecule has 0 spiro atoms.